The number of nitrogens with two attached hydrogens (primary N) is 2. The van der Waals surface area contributed by atoms with Gasteiger partial charge in [0.15, 0.2) is 11.5 Å². The number of nitrogen functional groups attached to an aromatic ring is 1. The molecule has 10 heteroatoms. The summed E-state index contributed by atoms with van der Waals surface area (Å²) in [5, 5.41) is 12.8. The van der Waals surface area contributed by atoms with E-state index in [9.17, 15) is 23.1 Å². The van der Waals surface area contributed by atoms with Crippen molar-refractivity contribution in [2.24, 2.45) is 11.7 Å². The molecule has 6 N–H and O–H groups in total. The van der Waals surface area contributed by atoms with Crippen LogP contribution in [0.2, 0.25) is 0 Å². The first-order chi connectivity index (χ1) is 16.2. The molecule has 1 aliphatic carbocycles. The fourth-order valence-electron chi connectivity index (χ4n) is 4.46. The first kappa shape index (κ1) is 23.7. The largest absolute Gasteiger partial charge is 0.397 e. The Hall–Kier alpha value is -3.50. The third-order valence-corrected chi connectivity index (χ3v) is 6.20. The predicted octanol–water partition coefficient (Wildman–Crippen LogP) is 3.84. The molecule has 1 fully saturated rings. The highest BCUT2D eigenvalue weighted by molar-refractivity contribution is 6.06. The molecule has 2 heterocycles. The highest BCUT2D eigenvalue weighted by Gasteiger charge is 2.34. The van der Waals surface area contributed by atoms with Gasteiger partial charge in [0.1, 0.15) is 17.3 Å². The predicted molar refractivity (Wildman–Crippen MR) is 123 cm³/mol. The number of hydrogen-bond acceptors (Lipinski definition) is 6. The smallest absolute Gasteiger partial charge is 0.276 e. The van der Waals surface area contributed by atoms with Crippen molar-refractivity contribution < 1.29 is 24.5 Å². The van der Waals surface area contributed by atoms with Crippen molar-refractivity contribution in [3.8, 4) is 11.3 Å². The molecule has 0 saturated heterocycles. The zero-order chi connectivity index (χ0) is 24.6. The molecule has 0 aliphatic heterocycles. The van der Waals surface area contributed by atoms with Gasteiger partial charge >= 0.3 is 0 Å². The Labute approximate surface area is 195 Å². The van der Waals surface area contributed by atoms with Gasteiger partial charge < -0.3 is 21.9 Å². The average molecular weight is 473 g/mol. The van der Waals surface area contributed by atoms with Crippen molar-refractivity contribution in [1.29, 1.82) is 0 Å². The second-order valence-corrected chi connectivity index (χ2v) is 8.57. The third-order valence-electron chi connectivity index (χ3n) is 6.20. The first-order valence-corrected chi connectivity index (χ1v) is 10.8. The molecule has 3 aromatic rings. The maximum absolute atomic E-state index is 14.5. The monoisotopic (exact) mass is 473 g/mol. The van der Waals surface area contributed by atoms with Crippen molar-refractivity contribution >= 4 is 17.3 Å². The normalized spacial score (nSPS) is 22.4. The minimum Gasteiger partial charge on any atom is -0.397 e. The van der Waals surface area contributed by atoms with Gasteiger partial charge in [0.05, 0.1) is 29.2 Å². The molecule has 0 bridgehead atoms. The van der Waals surface area contributed by atoms with Crippen LogP contribution in [0.1, 0.15) is 43.2 Å². The quantitative estimate of drug-likeness (QED) is 0.456. The zero-order valence-corrected chi connectivity index (χ0v) is 18.3. The Bertz CT molecular complexity index is 1210. The van der Waals surface area contributed by atoms with Crippen molar-refractivity contribution in [3.05, 3.63) is 71.4 Å². The number of benzene rings is 1. The lowest BCUT2D eigenvalue weighted by molar-refractivity contribution is 0.0521. The van der Waals surface area contributed by atoms with Crippen LogP contribution in [-0.2, 0) is 0 Å². The highest BCUT2D eigenvalue weighted by atomic mass is 19.1. The van der Waals surface area contributed by atoms with E-state index >= 15 is 0 Å². The lowest BCUT2D eigenvalue weighted by atomic mass is 9.74. The number of carbonyl (C=O) groups is 1. The van der Waals surface area contributed by atoms with Crippen LogP contribution >= 0.6 is 0 Å². The van der Waals surface area contributed by atoms with Crippen molar-refractivity contribution in [2.75, 3.05) is 11.1 Å². The fourth-order valence-corrected chi connectivity index (χ4v) is 4.46. The van der Waals surface area contributed by atoms with Crippen LogP contribution in [0.15, 0.2) is 42.7 Å². The standard InChI is InChI=1S/C24H24F3N5O2.H2/c1-11-7-12(8-18(29)23(11)33)13-5-6-30-10-19(13)31-24(34)22-17(28)9-16(27)21(32-22)20-14(25)3-2-4-15(20)26;/h2-6,9-12,18,23,33H,7-8,28-29H2,1H3,(H,31,34);1H/t11-,12+,18+,23-;/m0./s1. The van der Waals surface area contributed by atoms with E-state index in [1.54, 1.807) is 12.3 Å². The molecule has 180 valence electrons. The SMILES string of the molecule is C[C@H]1C[C@@H](c2ccncc2NC(=O)c2nc(-c3c(F)cccc3F)c(F)cc2N)C[C@@H](N)[C@H]1O.[HH]. The van der Waals surface area contributed by atoms with Crippen molar-refractivity contribution in [1.82, 2.24) is 9.97 Å². The Balaban J connectivity index is 0.00000342. The van der Waals surface area contributed by atoms with Crippen LogP contribution in [0.4, 0.5) is 24.5 Å². The minimum atomic E-state index is -1.07. The molecule has 1 amide bonds. The van der Waals surface area contributed by atoms with E-state index in [0.29, 0.717) is 18.5 Å². The number of hydrogen-bond donors (Lipinski definition) is 4. The number of pyridine rings is 2. The fraction of sp³-hybridized carbons (Fsp3) is 0.292. The number of carbonyl (C=O) groups excluding carboxylic acids is 1. The van der Waals surface area contributed by atoms with E-state index in [1.165, 1.54) is 6.20 Å². The first-order valence-electron chi connectivity index (χ1n) is 10.8. The van der Waals surface area contributed by atoms with Crippen LogP contribution in [0.5, 0.6) is 0 Å². The number of rotatable bonds is 4. The summed E-state index contributed by atoms with van der Waals surface area (Å²) in [7, 11) is 0. The van der Waals surface area contributed by atoms with E-state index in [-0.39, 0.29) is 18.9 Å². The lowest BCUT2D eigenvalue weighted by Crippen LogP contribution is -2.44. The Morgan fingerprint density at radius 3 is 2.56 bits per heavy atom. The summed E-state index contributed by atoms with van der Waals surface area (Å²) in [5.41, 5.74) is 11.0. The summed E-state index contributed by atoms with van der Waals surface area (Å²) < 4.78 is 43.0. The average Bonchev–Trinajstić information content (AvgIpc) is 2.78. The number of halogens is 3. The van der Waals surface area contributed by atoms with Crippen LogP contribution in [0.25, 0.3) is 11.3 Å². The van der Waals surface area contributed by atoms with E-state index in [0.717, 1.165) is 29.8 Å². The zero-order valence-electron chi connectivity index (χ0n) is 18.3. The highest BCUT2D eigenvalue weighted by Crippen LogP contribution is 2.38. The van der Waals surface area contributed by atoms with E-state index < -0.39 is 52.5 Å². The molecular weight excluding hydrogens is 447 g/mol. The molecule has 7 nitrogen and oxygen atoms in total. The lowest BCUT2D eigenvalue weighted by Gasteiger charge is -2.36. The van der Waals surface area contributed by atoms with Gasteiger partial charge in [-0.15, -0.1) is 0 Å². The molecular formula is C24H26F3N5O2. The van der Waals surface area contributed by atoms with Crippen LogP contribution < -0.4 is 16.8 Å². The maximum atomic E-state index is 14.5. The maximum Gasteiger partial charge on any atom is 0.276 e. The molecule has 1 aromatic carbocycles. The van der Waals surface area contributed by atoms with E-state index in [2.05, 4.69) is 15.3 Å². The molecule has 34 heavy (non-hydrogen) atoms. The van der Waals surface area contributed by atoms with Gasteiger partial charge in [-0.05, 0) is 48.4 Å². The number of aliphatic hydroxyl groups excluding tert-OH is 1. The number of nitrogens with zero attached hydrogens (tertiary/aromatic N) is 2. The molecule has 0 radical (unpaired) electrons. The van der Waals surface area contributed by atoms with Gasteiger partial charge in [0.2, 0.25) is 0 Å². The summed E-state index contributed by atoms with van der Waals surface area (Å²) in [5.74, 6) is -4.00. The third kappa shape index (κ3) is 4.46. The van der Waals surface area contributed by atoms with Gasteiger partial charge in [-0.3, -0.25) is 9.78 Å². The van der Waals surface area contributed by atoms with Gasteiger partial charge in [-0.2, -0.15) is 0 Å². The Morgan fingerprint density at radius 1 is 1.18 bits per heavy atom. The van der Waals surface area contributed by atoms with Crippen LogP contribution in [0, 0.1) is 23.4 Å². The van der Waals surface area contributed by atoms with E-state index in [4.69, 9.17) is 11.5 Å². The van der Waals surface area contributed by atoms with Gasteiger partial charge in [0, 0.05) is 19.7 Å². The molecule has 4 rings (SSSR count). The van der Waals surface area contributed by atoms with Crippen LogP contribution in [0.3, 0.4) is 0 Å². The van der Waals surface area contributed by atoms with Gasteiger partial charge in [-0.25, -0.2) is 18.2 Å². The van der Waals surface area contributed by atoms with Crippen LogP contribution in [-0.4, -0.2) is 33.1 Å². The number of anilines is 2. The topological polar surface area (TPSA) is 127 Å². The Morgan fingerprint density at radius 2 is 1.88 bits per heavy atom. The summed E-state index contributed by atoms with van der Waals surface area (Å²) in [6, 6.07) is 5.19. The second kappa shape index (κ2) is 9.40. The summed E-state index contributed by atoms with van der Waals surface area (Å²) in [6.45, 7) is 1.91. The Kier molecular flexibility index (Phi) is 6.54. The molecule has 4 atom stereocenters. The minimum absolute atomic E-state index is 0. The summed E-state index contributed by atoms with van der Waals surface area (Å²) in [6.07, 6.45) is 3.57. The summed E-state index contributed by atoms with van der Waals surface area (Å²) in [4.78, 5) is 21.0. The summed E-state index contributed by atoms with van der Waals surface area (Å²) >= 11 is 0. The van der Waals surface area contributed by atoms with E-state index in [1.807, 2.05) is 6.92 Å². The molecule has 0 spiro atoms. The molecule has 1 aliphatic rings. The van der Waals surface area contributed by atoms with Crippen molar-refractivity contribution in [3.63, 3.8) is 0 Å². The molecule has 0 unspecified atom stereocenters. The number of amides is 1. The molecule has 2 aromatic heterocycles. The number of nitrogens with one attached hydrogen (secondary N) is 1. The number of aliphatic hydroxyl groups is 1. The van der Waals surface area contributed by atoms with Gasteiger partial charge in [-0.1, -0.05) is 13.0 Å². The second-order valence-electron chi connectivity index (χ2n) is 8.57. The van der Waals surface area contributed by atoms with Gasteiger partial charge in [0.25, 0.3) is 5.91 Å². The molecule has 1 saturated carbocycles. The van der Waals surface area contributed by atoms with Crippen molar-refractivity contribution in [2.45, 2.75) is 37.8 Å². The number of aromatic nitrogens is 2.